The zero-order chi connectivity index (χ0) is 16.5. The van der Waals surface area contributed by atoms with Crippen LogP contribution < -0.4 is 10.6 Å². The first-order valence-electron chi connectivity index (χ1n) is 7.84. The monoisotopic (exact) mass is 317 g/mol. The Kier molecular flexibility index (Phi) is 6.59. The van der Waals surface area contributed by atoms with Crippen LogP contribution >= 0.6 is 0 Å². The van der Waals surface area contributed by atoms with Gasteiger partial charge >= 0.3 is 0 Å². The lowest BCUT2D eigenvalue weighted by Crippen LogP contribution is -2.39. The highest BCUT2D eigenvalue weighted by Gasteiger charge is 2.01. The third kappa shape index (κ3) is 5.73. The number of rotatable bonds is 7. The minimum absolute atomic E-state index is 0.186. The maximum Gasteiger partial charge on any atom is 0.190 e. The van der Waals surface area contributed by atoms with Crippen LogP contribution in [-0.4, -0.2) is 35.6 Å². The molecule has 6 heteroatoms. The van der Waals surface area contributed by atoms with E-state index in [0.717, 1.165) is 49.6 Å². The summed E-state index contributed by atoms with van der Waals surface area (Å²) >= 11 is 0. The topological polar surface area (TPSA) is 54.2 Å². The summed E-state index contributed by atoms with van der Waals surface area (Å²) in [5.41, 5.74) is 2.13. The van der Waals surface area contributed by atoms with Gasteiger partial charge in [0.25, 0.3) is 0 Å². The number of nitrogens with one attached hydrogen (secondary N) is 2. The van der Waals surface area contributed by atoms with Crippen molar-refractivity contribution in [3.05, 3.63) is 53.9 Å². The summed E-state index contributed by atoms with van der Waals surface area (Å²) < 4.78 is 15.1. The smallest absolute Gasteiger partial charge is 0.190 e. The molecular weight excluding hydrogens is 293 g/mol. The minimum Gasteiger partial charge on any atom is -0.356 e. The molecule has 0 saturated heterocycles. The van der Waals surface area contributed by atoms with Crippen LogP contribution in [0.2, 0.25) is 0 Å². The van der Waals surface area contributed by atoms with Gasteiger partial charge in [-0.05, 0) is 43.0 Å². The molecule has 0 bridgehead atoms. The Labute approximate surface area is 136 Å². The van der Waals surface area contributed by atoms with E-state index < -0.39 is 0 Å². The zero-order valence-electron chi connectivity index (χ0n) is 13.7. The lowest BCUT2D eigenvalue weighted by Gasteiger charge is -2.12. The van der Waals surface area contributed by atoms with Gasteiger partial charge in [-0.25, -0.2) is 9.37 Å². The molecule has 0 atom stereocenters. The van der Waals surface area contributed by atoms with Gasteiger partial charge in [-0.3, -0.25) is 4.99 Å². The van der Waals surface area contributed by atoms with Crippen molar-refractivity contribution in [2.45, 2.75) is 26.3 Å². The van der Waals surface area contributed by atoms with Crippen molar-refractivity contribution in [3.8, 4) is 0 Å². The number of aliphatic imine (C=N–C) groups is 1. The summed E-state index contributed by atoms with van der Waals surface area (Å²) in [4.78, 5) is 8.22. The van der Waals surface area contributed by atoms with Crippen LogP contribution in [0.4, 0.5) is 4.39 Å². The molecule has 1 aromatic carbocycles. The van der Waals surface area contributed by atoms with Crippen LogP contribution in [0.5, 0.6) is 0 Å². The van der Waals surface area contributed by atoms with E-state index in [1.54, 1.807) is 19.3 Å². The van der Waals surface area contributed by atoms with Crippen molar-refractivity contribution >= 4 is 5.96 Å². The summed E-state index contributed by atoms with van der Waals surface area (Å²) in [6, 6.07) is 4.91. The second-order valence-corrected chi connectivity index (χ2v) is 5.40. The van der Waals surface area contributed by atoms with Crippen molar-refractivity contribution in [1.29, 1.82) is 0 Å². The molecular formula is C17H24FN5. The number of aryl methyl sites for hydroxylation is 2. The average molecular weight is 317 g/mol. The maximum absolute atomic E-state index is 13.1. The molecule has 0 saturated carbocycles. The molecule has 0 spiro atoms. The predicted molar refractivity (Wildman–Crippen MR) is 91.0 cm³/mol. The van der Waals surface area contributed by atoms with Gasteiger partial charge in [0.05, 0.1) is 6.33 Å². The van der Waals surface area contributed by atoms with E-state index in [1.165, 1.54) is 6.07 Å². The fourth-order valence-electron chi connectivity index (χ4n) is 2.36. The van der Waals surface area contributed by atoms with Crippen LogP contribution in [-0.2, 0) is 13.0 Å². The van der Waals surface area contributed by atoms with E-state index in [2.05, 4.69) is 25.2 Å². The molecule has 0 aliphatic heterocycles. The molecule has 2 N–H and O–H groups in total. The van der Waals surface area contributed by atoms with Gasteiger partial charge in [-0.2, -0.15) is 0 Å². The van der Waals surface area contributed by atoms with Gasteiger partial charge < -0.3 is 15.2 Å². The molecule has 0 aliphatic carbocycles. The Balaban J connectivity index is 1.66. The highest BCUT2D eigenvalue weighted by Crippen LogP contribution is 2.10. The van der Waals surface area contributed by atoms with Gasteiger partial charge in [-0.15, -0.1) is 0 Å². The second-order valence-electron chi connectivity index (χ2n) is 5.40. The molecule has 1 aromatic heterocycles. The van der Waals surface area contributed by atoms with E-state index in [9.17, 15) is 4.39 Å². The number of hydrogen-bond donors (Lipinski definition) is 2. The second kappa shape index (κ2) is 8.92. The molecule has 2 aromatic rings. The van der Waals surface area contributed by atoms with Crippen molar-refractivity contribution in [2.24, 2.45) is 4.99 Å². The van der Waals surface area contributed by atoms with Gasteiger partial charge in [0.15, 0.2) is 5.96 Å². The predicted octanol–water partition coefficient (Wildman–Crippen LogP) is 2.13. The molecule has 5 nitrogen and oxygen atoms in total. The van der Waals surface area contributed by atoms with E-state index in [0.29, 0.717) is 0 Å². The van der Waals surface area contributed by atoms with Crippen molar-refractivity contribution in [2.75, 3.05) is 20.1 Å². The Bertz CT molecular complexity index is 622. The minimum atomic E-state index is -0.186. The van der Waals surface area contributed by atoms with Crippen LogP contribution in [0.25, 0.3) is 0 Å². The van der Waals surface area contributed by atoms with Gasteiger partial charge in [0, 0.05) is 39.1 Å². The van der Waals surface area contributed by atoms with E-state index >= 15 is 0 Å². The SMILES string of the molecule is CN=C(NCCCn1ccnc1)NCCc1ccc(F)cc1C. The first-order chi connectivity index (χ1) is 11.2. The van der Waals surface area contributed by atoms with Crippen LogP contribution in [0.3, 0.4) is 0 Å². The normalized spacial score (nSPS) is 11.5. The van der Waals surface area contributed by atoms with E-state index in [-0.39, 0.29) is 5.82 Å². The summed E-state index contributed by atoms with van der Waals surface area (Å²) in [6.45, 7) is 4.46. The fraction of sp³-hybridized carbons (Fsp3) is 0.412. The third-order valence-electron chi connectivity index (χ3n) is 3.66. The Morgan fingerprint density at radius 1 is 1.30 bits per heavy atom. The molecule has 0 amide bonds. The van der Waals surface area contributed by atoms with Crippen molar-refractivity contribution in [3.63, 3.8) is 0 Å². The standard InChI is InChI=1S/C17H24FN5/c1-14-12-16(18)5-4-15(14)6-8-22-17(19-2)21-7-3-10-23-11-9-20-13-23/h4-5,9,11-13H,3,6-8,10H2,1-2H3,(H2,19,21,22). The first kappa shape index (κ1) is 17.0. The lowest BCUT2D eigenvalue weighted by atomic mass is 10.1. The number of aromatic nitrogens is 2. The van der Waals surface area contributed by atoms with E-state index in [4.69, 9.17) is 0 Å². The molecule has 0 aliphatic rings. The van der Waals surface area contributed by atoms with Gasteiger partial charge in [0.2, 0.25) is 0 Å². The third-order valence-corrected chi connectivity index (χ3v) is 3.66. The van der Waals surface area contributed by atoms with Crippen LogP contribution in [0, 0.1) is 12.7 Å². The molecule has 1 heterocycles. The van der Waals surface area contributed by atoms with Crippen LogP contribution in [0.15, 0.2) is 41.9 Å². The number of benzene rings is 1. The van der Waals surface area contributed by atoms with Crippen LogP contribution in [0.1, 0.15) is 17.5 Å². The zero-order valence-corrected chi connectivity index (χ0v) is 13.7. The number of guanidine groups is 1. The Morgan fingerprint density at radius 2 is 2.13 bits per heavy atom. The average Bonchev–Trinajstić information content (AvgIpc) is 3.05. The molecule has 0 unspecified atom stereocenters. The van der Waals surface area contributed by atoms with Gasteiger partial charge in [0.1, 0.15) is 5.82 Å². The number of halogens is 1. The van der Waals surface area contributed by atoms with E-state index in [1.807, 2.05) is 25.5 Å². The lowest BCUT2D eigenvalue weighted by molar-refractivity contribution is 0.623. The van der Waals surface area contributed by atoms with Crippen molar-refractivity contribution in [1.82, 2.24) is 20.2 Å². The summed E-state index contributed by atoms with van der Waals surface area (Å²) in [6.07, 6.45) is 7.39. The highest BCUT2D eigenvalue weighted by atomic mass is 19.1. The molecule has 2 rings (SSSR count). The molecule has 23 heavy (non-hydrogen) atoms. The quantitative estimate of drug-likeness (QED) is 0.467. The number of hydrogen-bond acceptors (Lipinski definition) is 2. The molecule has 124 valence electrons. The molecule has 0 radical (unpaired) electrons. The first-order valence-corrected chi connectivity index (χ1v) is 7.84. The Hall–Kier alpha value is -2.37. The summed E-state index contributed by atoms with van der Waals surface area (Å²) in [5.74, 6) is 0.602. The maximum atomic E-state index is 13.1. The summed E-state index contributed by atoms with van der Waals surface area (Å²) in [7, 11) is 1.76. The molecule has 0 fully saturated rings. The highest BCUT2D eigenvalue weighted by molar-refractivity contribution is 5.79. The summed E-state index contributed by atoms with van der Waals surface area (Å²) in [5, 5.41) is 6.57. The fourth-order valence-corrected chi connectivity index (χ4v) is 2.36. The largest absolute Gasteiger partial charge is 0.356 e. The number of imidazole rings is 1. The van der Waals surface area contributed by atoms with Gasteiger partial charge in [-0.1, -0.05) is 6.07 Å². The Morgan fingerprint density at radius 3 is 2.83 bits per heavy atom. The van der Waals surface area contributed by atoms with Crippen molar-refractivity contribution < 1.29 is 4.39 Å². The number of nitrogens with zero attached hydrogens (tertiary/aromatic N) is 3.